The van der Waals surface area contributed by atoms with E-state index in [1.807, 2.05) is 24.3 Å². The van der Waals surface area contributed by atoms with E-state index in [0.29, 0.717) is 19.6 Å². The summed E-state index contributed by atoms with van der Waals surface area (Å²) >= 11 is 0. The van der Waals surface area contributed by atoms with Gasteiger partial charge in [0.2, 0.25) is 0 Å². The van der Waals surface area contributed by atoms with Crippen LogP contribution in [0.15, 0.2) is 48.5 Å². The van der Waals surface area contributed by atoms with Gasteiger partial charge in [-0.1, -0.05) is 24.3 Å². The molecule has 2 rings (SSSR count). The van der Waals surface area contributed by atoms with Crippen molar-refractivity contribution in [3.05, 3.63) is 65.5 Å². The van der Waals surface area contributed by atoms with E-state index >= 15 is 0 Å². The summed E-state index contributed by atoms with van der Waals surface area (Å²) in [4.78, 5) is 11.6. The number of Topliss-reactive ketones (excluding diaryl/α,β-unsaturated/α-hetero) is 1. The fraction of sp³-hybridized carbons (Fsp3) is 0.316. The van der Waals surface area contributed by atoms with E-state index in [9.17, 15) is 9.18 Å². The highest BCUT2D eigenvalue weighted by Gasteiger charge is 2.16. The highest BCUT2D eigenvalue weighted by molar-refractivity contribution is 5.77. The molecular weight excluding hydrogens is 295 g/mol. The molecule has 0 aliphatic rings. The number of benzene rings is 2. The molecule has 0 radical (unpaired) electrons. The van der Waals surface area contributed by atoms with Crippen LogP contribution in [0.3, 0.4) is 0 Å². The number of ketones is 1. The first-order valence-corrected chi connectivity index (χ1v) is 7.56. The van der Waals surface area contributed by atoms with Crippen molar-refractivity contribution in [1.82, 2.24) is 0 Å². The van der Waals surface area contributed by atoms with Gasteiger partial charge in [0, 0.05) is 19.4 Å². The van der Waals surface area contributed by atoms with E-state index in [1.165, 1.54) is 12.1 Å². The monoisotopic (exact) mass is 316 g/mol. The van der Waals surface area contributed by atoms with Crippen LogP contribution in [-0.2, 0) is 9.53 Å². The third-order valence-electron chi connectivity index (χ3n) is 3.60. The molecule has 0 amide bonds. The third-order valence-corrected chi connectivity index (χ3v) is 3.60. The summed E-state index contributed by atoms with van der Waals surface area (Å²) in [6.07, 6.45) is 0.384. The van der Waals surface area contributed by atoms with Crippen molar-refractivity contribution in [2.75, 3.05) is 20.3 Å². The Morgan fingerprint density at radius 2 is 1.57 bits per heavy atom. The molecule has 0 heterocycles. The molecule has 23 heavy (non-hydrogen) atoms. The van der Waals surface area contributed by atoms with Gasteiger partial charge in [0.1, 0.15) is 24.0 Å². The maximum absolute atomic E-state index is 13.1. The molecule has 1 atom stereocenters. The molecule has 4 heteroatoms. The molecule has 1 unspecified atom stereocenters. The second-order valence-corrected chi connectivity index (χ2v) is 5.42. The van der Waals surface area contributed by atoms with Gasteiger partial charge in [-0.2, -0.15) is 0 Å². The molecule has 0 fully saturated rings. The lowest BCUT2D eigenvalue weighted by Crippen LogP contribution is -2.07. The molecule has 0 N–H and O–H groups in total. The summed E-state index contributed by atoms with van der Waals surface area (Å²) in [6.45, 7) is 2.59. The van der Waals surface area contributed by atoms with E-state index in [-0.39, 0.29) is 17.5 Å². The molecule has 2 aromatic carbocycles. The van der Waals surface area contributed by atoms with Crippen LogP contribution in [0, 0.1) is 5.82 Å². The van der Waals surface area contributed by atoms with Gasteiger partial charge < -0.3 is 9.47 Å². The van der Waals surface area contributed by atoms with Crippen molar-refractivity contribution in [3.63, 3.8) is 0 Å². The van der Waals surface area contributed by atoms with Gasteiger partial charge in [-0.15, -0.1) is 0 Å². The molecule has 2 aromatic rings. The topological polar surface area (TPSA) is 35.5 Å². The second kappa shape index (κ2) is 8.44. The lowest BCUT2D eigenvalue weighted by molar-refractivity contribution is -0.117. The molecule has 0 bridgehead atoms. The molecule has 0 saturated carbocycles. The molecule has 0 aromatic heterocycles. The molecule has 0 aliphatic carbocycles. The van der Waals surface area contributed by atoms with E-state index in [1.54, 1.807) is 26.2 Å². The highest BCUT2D eigenvalue weighted by Crippen LogP contribution is 2.29. The molecule has 122 valence electrons. The zero-order valence-corrected chi connectivity index (χ0v) is 13.4. The van der Waals surface area contributed by atoms with Crippen LogP contribution in [0.2, 0.25) is 0 Å². The number of carbonyl (C=O) groups is 1. The normalized spacial score (nSPS) is 12.0. The largest absolute Gasteiger partial charge is 0.491 e. The highest BCUT2D eigenvalue weighted by atomic mass is 19.1. The van der Waals surface area contributed by atoms with Gasteiger partial charge in [0.15, 0.2) is 0 Å². The zero-order valence-electron chi connectivity index (χ0n) is 13.4. The first-order valence-electron chi connectivity index (χ1n) is 7.56. The van der Waals surface area contributed by atoms with Crippen LogP contribution in [0.5, 0.6) is 5.75 Å². The van der Waals surface area contributed by atoms with E-state index in [0.717, 1.165) is 16.9 Å². The predicted molar refractivity (Wildman–Crippen MR) is 87.4 cm³/mol. The summed E-state index contributed by atoms with van der Waals surface area (Å²) in [5.74, 6) is 0.490. The van der Waals surface area contributed by atoms with Crippen LogP contribution >= 0.6 is 0 Å². The molecule has 0 aliphatic heterocycles. The maximum atomic E-state index is 13.1. The summed E-state index contributed by atoms with van der Waals surface area (Å²) in [6, 6.07) is 13.9. The average molecular weight is 316 g/mol. The van der Waals surface area contributed by atoms with Crippen molar-refractivity contribution >= 4 is 5.78 Å². The predicted octanol–water partition coefficient (Wildman–Crippen LogP) is 3.96. The lowest BCUT2D eigenvalue weighted by atomic mass is 9.87. The van der Waals surface area contributed by atoms with Crippen molar-refractivity contribution in [1.29, 1.82) is 0 Å². The molecule has 0 spiro atoms. The van der Waals surface area contributed by atoms with Crippen LogP contribution in [-0.4, -0.2) is 26.1 Å². The average Bonchev–Trinajstić information content (AvgIpc) is 2.54. The Morgan fingerprint density at radius 3 is 2.09 bits per heavy atom. The van der Waals surface area contributed by atoms with Gasteiger partial charge >= 0.3 is 0 Å². The third kappa shape index (κ3) is 5.18. The summed E-state index contributed by atoms with van der Waals surface area (Å²) < 4.78 is 23.6. The number of carbonyl (C=O) groups excluding carboxylic acids is 1. The quantitative estimate of drug-likeness (QED) is 0.692. The first kappa shape index (κ1) is 17.2. The molecule has 3 nitrogen and oxygen atoms in total. The maximum Gasteiger partial charge on any atom is 0.130 e. The van der Waals surface area contributed by atoms with Gasteiger partial charge in [-0.3, -0.25) is 4.79 Å². The van der Waals surface area contributed by atoms with Crippen LogP contribution < -0.4 is 4.74 Å². The number of halogens is 1. The minimum Gasteiger partial charge on any atom is -0.491 e. The van der Waals surface area contributed by atoms with Crippen LogP contribution in [0.1, 0.15) is 30.4 Å². The van der Waals surface area contributed by atoms with Crippen molar-refractivity contribution in [3.8, 4) is 5.75 Å². The Balaban J connectivity index is 2.18. The Labute approximate surface area is 136 Å². The second-order valence-electron chi connectivity index (χ2n) is 5.42. The Hall–Kier alpha value is -2.20. The van der Waals surface area contributed by atoms with E-state index in [2.05, 4.69) is 0 Å². The first-order chi connectivity index (χ1) is 11.1. The fourth-order valence-corrected chi connectivity index (χ4v) is 2.45. The van der Waals surface area contributed by atoms with Crippen molar-refractivity contribution < 1.29 is 18.7 Å². The van der Waals surface area contributed by atoms with Crippen LogP contribution in [0.4, 0.5) is 4.39 Å². The Bertz CT molecular complexity index is 620. The minimum atomic E-state index is -0.280. The van der Waals surface area contributed by atoms with Gasteiger partial charge in [-0.25, -0.2) is 4.39 Å². The molecule has 0 saturated heterocycles. The summed E-state index contributed by atoms with van der Waals surface area (Å²) in [7, 11) is 1.63. The van der Waals surface area contributed by atoms with E-state index in [4.69, 9.17) is 9.47 Å². The van der Waals surface area contributed by atoms with Crippen molar-refractivity contribution in [2.45, 2.75) is 19.3 Å². The molecular formula is C19H21FO3. The smallest absolute Gasteiger partial charge is 0.130 e. The lowest BCUT2D eigenvalue weighted by Gasteiger charge is -2.17. The van der Waals surface area contributed by atoms with Gasteiger partial charge in [0.05, 0.1) is 6.61 Å². The fourth-order valence-electron chi connectivity index (χ4n) is 2.45. The van der Waals surface area contributed by atoms with E-state index < -0.39 is 0 Å². The SMILES string of the molecule is COCCOc1ccc(C(CC(C)=O)c2ccc(F)cc2)cc1. The van der Waals surface area contributed by atoms with Gasteiger partial charge in [-0.05, 0) is 42.3 Å². The summed E-state index contributed by atoms with van der Waals surface area (Å²) in [5, 5.41) is 0. The number of rotatable bonds is 8. The standard InChI is InChI=1S/C19H21FO3/c1-14(21)13-19(15-3-7-17(20)8-4-15)16-5-9-18(10-6-16)23-12-11-22-2/h3-10,19H,11-13H2,1-2H3. The number of methoxy groups -OCH3 is 1. The number of hydrogen-bond acceptors (Lipinski definition) is 3. The number of hydrogen-bond donors (Lipinski definition) is 0. The minimum absolute atomic E-state index is 0.0823. The Morgan fingerprint density at radius 1 is 1.00 bits per heavy atom. The van der Waals surface area contributed by atoms with Gasteiger partial charge in [0.25, 0.3) is 0 Å². The van der Waals surface area contributed by atoms with Crippen molar-refractivity contribution in [2.24, 2.45) is 0 Å². The Kier molecular flexibility index (Phi) is 6.29. The zero-order chi connectivity index (χ0) is 16.7. The number of ether oxygens (including phenoxy) is 2. The van der Waals surface area contributed by atoms with Crippen LogP contribution in [0.25, 0.3) is 0 Å². The summed E-state index contributed by atoms with van der Waals surface area (Å²) in [5.41, 5.74) is 1.93.